The van der Waals surface area contributed by atoms with Crippen molar-refractivity contribution >= 4 is 18.2 Å². The molecule has 0 aliphatic carbocycles. The minimum absolute atomic E-state index is 0.0462. The molecule has 0 heterocycles. The maximum Gasteiger partial charge on any atom is 0.407 e. The molecule has 9 heteroatoms. The molecule has 2 amide bonds. The fourth-order valence-corrected chi connectivity index (χ4v) is 2.26. The van der Waals surface area contributed by atoms with Crippen LogP contribution in [0.1, 0.15) is 39.7 Å². The first-order chi connectivity index (χ1) is 13.6. The molecule has 0 fully saturated rings. The van der Waals surface area contributed by atoms with Crippen LogP contribution in [0.3, 0.4) is 0 Å². The first-order valence-corrected chi connectivity index (χ1v) is 9.41. The molecule has 162 valence electrons. The Morgan fingerprint density at radius 1 is 1.07 bits per heavy atom. The fourth-order valence-electron chi connectivity index (χ4n) is 2.26. The van der Waals surface area contributed by atoms with Gasteiger partial charge < -0.3 is 30.0 Å². The number of nitrogens with one attached hydrogen (secondary N) is 2. The van der Waals surface area contributed by atoms with Crippen molar-refractivity contribution in [1.82, 2.24) is 10.6 Å². The molecule has 0 aliphatic heterocycles. The van der Waals surface area contributed by atoms with Crippen LogP contribution in [-0.4, -0.2) is 54.2 Å². The number of hydrogen-bond acceptors (Lipinski definition) is 7. The van der Waals surface area contributed by atoms with Crippen molar-refractivity contribution in [3.63, 3.8) is 0 Å². The Balaban J connectivity index is 2.55. The summed E-state index contributed by atoms with van der Waals surface area (Å²) in [6.07, 6.45) is -3.00. The van der Waals surface area contributed by atoms with E-state index in [1.807, 2.05) is 30.3 Å². The summed E-state index contributed by atoms with van der Waals surface area (Å²) in [4.78, 5) is 35.6. The standard InChI is InChI=1S/C20H30N2O7/c1-5-27-17(24)16(23)15(22-19(26)29-20(2,3)4)11-12-21-18(25)28-13-14-9-7-6-8-10-14/h6-10,15-16,23H,5,11-13H2,1-4H3,(H,21,25)(H,22,26). The molecule has 2 unspecified atom stereocenters. The molecule has 1 aromatic rings. The van der Waals surface area contributed by atoms with Crippen molar-refractivity contribution in [3.05, 3.63) is 35.9 Å². The van der Waals surface area contributed by atoms with Gasteiger partial charge >= 0.3 is 18.2 Å². The van der Waals surface area contributed by atoms with Gasteiger partial charge in [0.1, 0.15) is 12.2 Å². The second-order valence-electron chi connectivity index (χ2n) is 7.23. The molecule has 0 radical (unpaired) electrons. The molecular formula is C20H30N2O7. The van der Waals surface area contributed by atoms with Crippen molar-refractivity contribution in [3.8, 4) is 0 Å². The van der Waals surface area contributed by atoms with Gasteiger partial charge in [0.2, 0.25) is 0 Å². The molecule has 0 saturated heterocycles. The van der Waals surface area contributed by atoms with Gasteiger partial charge in [0.25, 0.3) is 0 Å². The van der Waals surface area contributed by atoms with E-state index in [2.05, 4.69) is 10.6 Å². The predicted octanol–water partition coefficient (Wildman–Crippen LogP) is 2.12. The van der Waals surface area contributed by atoms with Crippen LogP contribution >= 0.6 is 0 Å². The van der Waals surface area contributed by atoms with Gasteiger partial charge in [-0.3, -0.25) is 0 Å². The van der Waals surface area contributed by atoms with Gasteiger partial charge in [0.05, 0.1) is 12.6 Å². The zero-order valence-corrected chi connectivity index (χ0v) is 17.3. The highest BCUT2D eigenvalue weighted by Gasteiger charge is 2.30. The van der Waals surface area contributed by atoms with Gasteiger partial charge in [-0.1, -0.05) is 30.3 Å². The third-order valence-corrected chi connectivity index (χ3v) is 3.55. The first kappa shape index (κ1) is 24.2. The number of rotatable bonds is 9. The van der Waals surface area contributed by atoms with E-state index in [4.69, 9.17) is 14.2 Å². The van der Waals surface area contributed by atoms with E-state index in [1.54, 1.807) is 27.7 Å². The number of alkyl carbamates (subject to hydrolysis) is 2. The van der Waals surface area contributed by atoms with E-state index in [1.165, 1.54) is 0 Å². The molecule has 0 aromatic heterocycles. The number of aliphatic hydroxyl groups is 1. The summed E-state index contributed by atoms with van der Waals surface area (Å²) >= 11 is 0. The number of carbonyl (C=O) groups is 3. The summed E-state index contributed by atoms with van der Waals surface area (Å²) < 4.78 is 15.0. The summed E-state index contributed by atoms with van der Waals surface area (Å²) in [5.41, 5.74) is 0.0908. The largest absolute Gasteiger partial charge is 0.464 e. The average Bonchev–Trinajstić information content (AvgIpc) is 2.64. The number of aliphatic hydroxyl groups excluding tert-OH is 1. The van der Waals surface area contributed by atoms with Gasteiger partial charge in [0.15, 0.2) is 6.10 Å². The van der Waals surface area contributed by atoms with Crippen LogP contribution < -0.4 is 10.6 Å². The van der Waals surface area contributed by atoms with Crippen LogP contribution in [-0.2, 0) is 25.6 Å². The highest BCUT2D eigenvalue weighted by atomic mass is 16.6. The van der Waals surface area contributed by atoms with Crippen LogP contribution in [0.25, 0.3) is 0 Å². The molecule has 29 heavy (non-hydrogen) atoms. The Morgan fingerprint density at radius 3 is 2.31 bits per heavy atom. The van der Waals surface area contributed by atoms with Crippen LogP contribution in [0.15, 0.2) is 30.3 Å². The quantitative estimate of drug-likeness (QED) is 0.421. The molecule has 3 N–H and O–H groups in total. The van der Waals surface area contributed by atoms with E-state index in [-0.39, 0.29) is 26.2 Å². The Bertz CT molecular complexity index is 659. The molecule has 0 aliphatic rings. The van der Waals surface area contributed by atoms with Crippen LogP contribution in [0.4, 0.5) is 9.59 Å². The van der Waals surface area contributed by atoms with E-state index in [0.29, 0.717) is 0 Å². The van der Waals surface area contributed by atoms with E-state index in [9.17, 15) is 19.5 Å². The Kier molecular flexibility index (Phi) is 9.94. The summed E-state index contributed by atoms with van der Waals surface area (Å²) in [5, 5.41) is 15.1. The third kappa shape index (κ3) is 10.3. The maximum atomic E-state index is 12.0. The number of hydrogen-bond donors (Lipinski definition) is 3. The lowest BCUT2D eigenvalue weighted by Gasteiger charge is -2.25. The highest BCUT2D eigenvalue weighted by molar-refractivity contribution is 5.77. The second kappa shape index (κ2) is 11.9. The van der Waals surface area contributed by atoms with Crippen molar-refractivity contribution < 1.29 is 33.7 Å². The molecule has 9 nitrogen and oxygen atoms in total. The molecule has 1 aromatic carbocycles. The minimum Gasteiger partial charge on any atom is -0.464 e. The normalized spacial score (nSPS) is 13.0. The zero-order valence-electron chi connectivity index (χ0n) is 17.3. The summed E-state index contributed by atoms with van der Waals surface area (Å²) in [5.74, 6) is -0.875. The van der Waals surface area contributed by atoms with Crippen molar-refractivity contribution in [1.29, 1.82) is 0 Å². The lowest BCUT2D eigenvalue weighted by molar-refractivity contribution is -0.154. The predicted molar refractivity (Wildman–Crippen MR) is 105 cm³/mol. The number of benzene rings is 1. The lowest BCUT2D eigenvalue weighted by atomic mass is 10.1. The van der Waals surface area contributed by atoms with Gasteiger partial charge in [-0.15, -0.1) is 0 Å². The Hall–Kier alpha value is -2.81. The van der Waals surface area contributed by atoms with Gasteiger partial charge in [-0.05, 0) is 39.7 Å². The molecule has 0 bridgehead atoms. The molecule has 0 spiro atoms. The first-order valence-electron chi connectivity index (χ1n) is 9.41. The van der Waals surface area contributed by atoms with Crippen LogP contribution in [0.2, 0.25) is 0 Å². The number of carbonyl (C=O) groups excluding carboxylic acids is 3. The monoisotopic (exact) mass is 410 g/mol. The van der Waals surface area contributed by atoms with Crippen molar-refractivity contribution in [2.45, 2.75) is 58.5 Å². The van der Waals surface area contributed by atoms with E-state index in [0.717, 1.165) is 5.56 Å². The molecule has 0 saturated carbocycles. The number of ether oxygens (including phenoxy) is 3. The van der Waals surface area contributed by atoms with Crippen LogP contribution in [0.5, 0.6) is 0 Å². The SMILES string of the molecule is CCOC(=O)C(O)C(CCNC(=O)OCc1ccccc1)NC(=O)OC(C)(C)C. The zero-order chi connectivity index (χ0) is 21.9. The van der Waals surface area contributed by atoms with Crippen LogP contribution in [0, 0.1) is 0 Å². The van der Waals surface area contributed by atoms with E-state index >= 15 is 0 Å². The van der Waals surface area contributed by atoms with Gasteiger partial charge in [-0.2, -0.15) is 0 Å². The smallest absolute Gasteiger partial charge is 0.407 e. The molecule has 1 rings (SSSR count). The number of esters is 1. The summed E-state index contributed by atoms with van der Waals surface area (Å²) in [6.45, 7) is 6.90. The Morgan fingerprint density at radius 2 is 1.72 bits per heavy atom. The summed E-state index contributed by atoms with van der Waals surface area (Å²) in [6, 6.07) is 8.16. The Labute approximate surface area is 170 Å². The summed E-state index contributed by atoms with van der Waals surface area (Å²) in [7, 11) is 0. The molecular weight excluding hydrogens is 380 g/mol. The lowest BCUT2D eigenvalue weighted by Crippen LogP contribution is -2.50. The average molecular weight is 410 g/mol. The van der Waals surface area contributed by atoms with Crippen molar-refractivity contribution in [2.75, 3.05) is 13.2 Å². The fraction of sp³-hybridized carbons (Fsp3) is 0.550. The van der Waals surface area contributed by atoms with Gasteiger partial charge in [0, 0.05) is 6.54 Å². The maximum absolute atomic E-state index is 12.0. The number of amides is 2. The topological polar surface area (TPSA) is 123 Å². The second-order valence-corrected chi connectivity index (χ2v) is 7.23. The van der Waals surface area contributed by atoms with Crippen molar-refractivity contribution in [2.24, 2.45) is 0 Å². The minimum atomic E-state index is -1.61. The third-order valence-electron chi connectivity index (χ3n) is 3.55. The van der Waals surface area contributed by atoms with E-state index < -0.39 is 35.9 Å². The highest BCUT2D eigenvalue weighted by Crippen LogP contribution is 2.09. The molecule has 2 atom stereocenters. The van der Waals surface area contributed by atoms with Gasteiger partial charge in [-0.25, -0.2) is 14.4 Å².